The van der Waals surface area contributed by atoms with Gasteiger partial charge in [-0.3, -0.25) is 32.6 Å². The third kappa shape index (κ3) is 202. The first kappa shape index (κ1) is 42.4. The fourth-order valence-corrected chi connectivity index (χ4v) is 0.812. The Morgan fingerprint density at radius 1 is 0.621 bits per heavy atom. The van der Waals surface area contributed by atoms with Crippen molar-refractivity contribution in [3.8, 4) is 0 Å². The molecule has 184 valence electrons. The van der Waals surface area contributed by atoms with Gasteiger partial charge in [-0.1, -0.05) is 41.5 Å². The summed E-state index contributed by atoms with van der Waals surface area (Å²) >= 11 is 0. The molecule has 10 heteroatoms. The molecule has 0 aliphatic heterocycles. The maximum absolute atomic E-state index is 8.00. The van der Waals surface area contributed by atoms with Gasteiger partial charge in [0.05, 0.1) is 0 Å². The Balaban J connectivity index is -0.0000000566. The molecule has 0 heterocycles. The molecule has 0 bridgehead atoms. The lowest BCUT2D eigenvalue weighted by molar-refractivity contribution is -0.0979. The summed E-state index contributed by atoms with van der Waals surface area (Å²) in [5.41, 5.74) is 27.5. The molecule has 11 N–H and O–H groups in total. The molecule has 0 amide bonds. The number of nitrogens with one attached hydrogen (secondary N) is 7. The molecular formula is C19H57N9O. The van der Waals surface area contributed by atoms with E-state index in [1.807, 2.05) is 62.7 Å². The minimum atomic E-state index is 0.333. The Morgan fingerprint density at radius 3 is 1.00 bits per heavy atom. The van der Waals surface area contributed by atoms with Crippen LogP contribution in [-0.2, 0) is 4.79 Å². The lowest BCUT2D eigenvalue weighted by atomic mass is 10.4. The fraction of sp³-hybridized carbons (Fsp3) is 0.947. The first-order chi connectivity index (χ1) is 13.7. The zero-order chi connectivity index (χ0) is 24.3. The van der Waals surface area contributed by atoms with Crippen molar-refractivity contribution in [2.24, 2.45) is 11.5 Å². The summed E-state index contributed by atoms with van der Waals surface area (Å²) in [6.45, 7) is 18.1. The van der Waals surface area contributed by atoms with Crippen LogP contribution < -0.4 is 49.3 Å². The van der Waals surface area contributed by atoms with Crippen LogP contribution in [0.4, 0.5) is 0 Å². The Hall–Kier alpha value is -0.690. The van der Waals surface area contributed by atoms with Crippen molar-refractivity contribution in [2.75, 3.05) is 54.4 Å². The lowest BCUT2D eigenvalue weighted by Crippen LogP contribution is -2.33. The number of carbonyl (C=O) groups is 1. The third-order valence-corrected chi connectivity index (χ3v) is 1.78. The van der Waals surface area contributed by atoms with E-state index in [2.05, 4.69) is 51.7 Å². The molecule has 0 aromatic carbocycles. The summed E-state index contributed by atoms with van der Waals surface area (Å²) in [5, 5.41) is 3.00. The van der Waals surface area contributed by atoms with E-state index < -0.39 is 0 Å². The first-order valence-corrected chi connectivity index (χ1v) is 10.3. The smallest absolute Gasteiger partial charge is 0.106 e. The minimum Gasteiger partial charge on any atom is -0.328 e. The summed E-state index contributed by atoms with van der Waals surface area (Å²) in [5.74, 6) is 0. The molecule has 0 fully saturated rings. The zero-order valence-corrected chi connectivity index (χ0v) is 21.2. The number of hydrazine groups is 3. The predicted molar refractivity (Wildman–Crippen MR) is 131 cm³/mol. The van der Waals surface area contributed by atoms with Gasteiger partial charge in [-0.25, -0.2) is 0 Å². The highest BCUT2D eigenvalue weighted by Gasteiger charge is 1.75. The van der Waals surface area contributed by atoms with Crippen molar-refractivity contribution >= 4 is 6.79 Å². The topological polar surface area (TPSA) is 153 Å². The van der Waals surface area contributed by atoms with Gasteiger partial charge in [0.15, 0.2) is 0 Å². The summed E-state index contributed by atoms with van der Waals surface area (Å²) in [7, 11) is 7.53. The molecule has 0 aliphatic rings. The van der Waals surface area contributed by atoms with Crippen LogP contribution in [0.25, 0.3) is 0 Å². The minimum absolute atomic E-state index is 0.333. The molecule has 0 rings (SSSR count). The van der Waals surface area contributed by atoms with E-state index in [1.165, 1.54) is 12.8 Å². The maximum atomic E-state index is 8.00. The third-order valence-electron chi connectivity index (χ3n) is 1.78. The van der Waals surface area contributed by atoms with E-state index in [0.717, 1.165) is 26.2 Å². The summed E-state index contributed by atoms with van der Waals surface area (Å²) < 4.78 is 0. The monoisotopic (exact) mass is 427 g/mol. The van der Waals surface area contributed by atoms with Crippen LogP contribution in [0.15, 0.2) is 0 Å². The van der Waals surface area contributed by atoms with E-state index in [0.29, 0.717) is 12.1 Å². The molecule has 0 aromatic heterocycles. The standard InChI is InChI=1S/C4H13N3.2C4H12N2.2C3H9N.CH2O/c1-5-3-4-7-6-2;2*1-3-4-6-5-2;2*1-3(2)4;1-2/h5-7H,3-4H2,1-2H3;2*5-6H,3-4H2,1-2H3;2*3H,4H2,1-2H3;1H2. The maximum Gasteiger partial charge on any atom is 0.106 e. The molecule has 0 unspecified atom stereocenters. The van der Waals surface area contributed by atoms with E-state index in [4.69, 9.17) is 16.3 Å². The lowest BCUT2D eigenvalue weighted by Gasteiger charge is -1.98. The van der Waals surface area contributed by atoms with Crippen LogP contribution in [0, 0.1) is 0 Å². The number of hydrogen-bond acceptors (Lipinski definition) is 10. The average molecular weight is 428 g/mol. The molecular weight excluding hydrogens is 370 g/mol. The van der Waals surface area contributed by atoms with Crippen molar-refractivity contribution in [2.45, 2.75) is 66.5 Å². The summed E-state index contributed by atoms with van der Waals surface area (Å²) in [4.78, 5) is 8.00. The van der Waals surface area contributed by atoms with E-state index >= 15 is 0 Å². The van der Waals surface area contributed by atoms with E-state index in [9.17, 15) is 0 Å². The molecule has 10 nitrogen and oxygen atoms in total. The van der Waals surface area contributed by atoms with E-state index in [1.54, 1.807) is 0 Å². The van der Waals surface area contributed by atoms with E-state index in [-0.39, 0.29) is 0 Å². The molecule has 0 radical (unpaired) electrons. The average Bonchev–Trinajstić information content (AvgIpc) is 2.67. The van der Waals surface area contributed by atoms with Crippen LogP contribution in [0.3, 0.4) is 0 Å². The van der Waals surface area contributed by atoms with Crippen LogP contribution >= 0.6 is 0 Å². The highest BCUT2D eigenvalue weighted by atomic mass is 16.1. The number of carbonyl (C=O) groups excluding carboxylic acids is 1. The molecule has 0 saturated heterocycles. The first-order valence-electron chi connectivity index (χ1n) is 10.3. The fourth-order valence-electron chi connectivity index (χ4n) is 0.812. The quantitative estimate of drug-likeness (QED) is 0.168. The second-order valence-corrected chi connectivity index (χ2v) is 6.12. The van der Waals surface area contributed by atoms with Crippen LogP contribution in [0.1, 0.15) is 54.4 Å². The highest BCUT2D eigenvalue weighted by molar-refractivity contribution is 5.10. The van der Waals surface area contributed by atoms with Crippen LogP contribution in [-0.4, -0.2) is 73.2 Å². The van der Waals surface area contributed by atoms with Crippen molar-refractivity contribution in [3.63, 3.8) is 0 Å². The Kier molecular flexibility index (Phi) is 82.5. The van der Waals surface area contributed by atoms with Gasteiger partial charge in [-0.15, -0.1) is 0 Å². The van der Waals surface area contributed by atoms with Crippen LogP contribution in [0.2, 0.25) is 0 Å². The Morgan fingerprint density at radius 2 is 0.862 bits per heavy atom. The Labute approximate surface area is 182 Å². The number of rotatable bonds is 10. The predicted octanol–water partition coefficient (Wildman–Crippen LogP) is -0.307. The van der Waals surface area contributed by atoms with Crippen molar-refractivity contribution in [1.82, 2.24) is 37.9 Å². The summed E-state index contributed by atoms with van der Waals surface area (Å²) in [6, 6.07) is 0.667. The largest absolute Gasteiger partial charge is 0.328 e. The molecule has 0 aromatic rings. The number of hydrogen-bond donors (Lipinski definition) is 9. The molecule has 0 atom stereocenters. The van der Waals surface area contributed by atoms with Gasteiger partial charge in [0.2, 0.25) is 0 Å². The Bertz CT molecular complexity index is 169. The van der Waals surface area contributed by atoms with Crippen molar-refractivity contribution in [1.29, 1.82) is 0 Å². The zero-order valence-electron chi connectivity index (χ0n) is 21.2. The van der Waals surface area contributed by atoms with Gasteiger partial charge in [-0.2, -0.15) is 0 Å². The normalized spacial score (nSPS) is 8.62. The van der Waals surface area contributed by atoms with Gasteiger partial charge in [-0.05, 0) is 53.1 Å². The van der Waals surface area contributed by atoms with Crippen molar-refractivity contribution < 1.29 is 4.79 Å². The van der Waals surface area contributed by atoms with Gasteiger partial charge >= 0.3 is 0 Å². The molecule has 0 aliphatic carbocycles. The highest BCUT2D eigenvalue weighted by Crippen LogP contribution is 1.63. The van der Waals surface area contributed by atoms with Crippen molar-refractivity contribution in [3.05, 3.63) is 0 Å². The van der Waals surface area contributed by atoms with Crippen LogP contribution in [0.5, 0.6) is 0 Å². The molecule has 29 heavy (non-hydrogen) atoms. The second kappa shape index (κ2) is 56.4. The second-order valence-electron chi connectivity index (χ2n) is 6.12. The number of likely N-dealkylation sites (N-methyl/N-ethyl adjacent to an activating group) is 1. The molecule has 0 saturated carbocycles. The summed E-state index contributed by atoms with van der Waals surface area (Å²) in [6.07, 6.45) is 2.36. The number of nitrogens with two attached hydrogens (primary N) is 2. The SMILES string of the molecule is C=O.CC(C)N.CC(C)N.CCCNNC.CCCNNC.CNCCNNC. The molecule has 0 spiro atoms. The van der Waals surface area contributed by atoms with Gasteiger partial charge < -0.3 is 21.6 Å². The van der Waals surface area contributed by atoms with Gasteiger partial charge in [0.25, 0.3) is 0 Å². The van der Waals surface area contributed by atoms with Gasteiger partial charge in [0, 0.05) is 26.2 Å². The van der Waals surface area contributed by atoms with Gasteiger partial charge in [0.1, 0.15) is 6.79 Å².